The summed E-state index contributed by atoms with van der Waals surface area (Å²) in [6.45, 7) is 13.2. The van der Waals surface area contributed by atoms with E-state index in [2.05, 4.69) is 41.5 Å². The summed E-state index contributed by atoms with van der Waals surface area (Å²) in [6, 6.07) is 0. The van der Waals surface area contributed by atoms with Crippen molar-refractivity contribution in [2.24, 2.45) is 5.41 Å². The lowest BCUT2D eigenvalue weighted by atomic mass is 10.0. The zero-order valence-corrected chi connectivity index (χ0v) is 12.2. The van der Waals surface area contributed by atoms with Gasteiger partial charge in [0.15, 0.2) is 0 Å². The predicted octanol–water partition coefficient (Wildman–Crippen LogP) is 6.20. The molecule has 0 aliphatic heterocycles. The molecule has 0 radical (unpaired) electrons. The van der Waals surface area contributed by atoms with Crippen molar-refractivity contribution >= 4 is 0 Å². The van der Waals surface area contributed by atoms with Gasteiger partial charge in [0.1, 0.15) is 0 Å². The molecule has 1 rings (SSSR count). The summed E-state index contributed by atoms with van der Waals surface area (Å²) in [6.07, 6.45) is 11.5. The standard InChI is InChI=1S/C6H14.C5H12.C4H8/c1-3-5-6-4-2;1-5(2,3)4;1-2-4-3-1/h3-6H2,1-2H3;1-4H3;1-4H2. The maximum absolute atomic E-state index is 2.23. The predicted molar refractivity (Wildman–Crippen MR) is 73.4 cm³/mol. The van der Waals surface area contributed by atoms with Crippen LogP contribution in [0.25, 0.3) is 0 Å². The Morgan fingerprint density at radius 3 is 0.933 bits per heavy atom. The minimum atomic E-state index is 0.500. The summed E-state index contributed by atoms with van der Waals surface area (Å²) in [5.41, 5.74) is 0.500. The summed E-state index contributed by atoms with van der Waals surface area (Å²) < 4.78 is 0. The van der Waals surface area contributed by atoms with Crippen LogP contribution in [0.5, 0.6) is 0 Å². The van der Waals surface area contributed by atoms with E-state index in [-0.39, 0.29) is 0 Å². The van der Waals surface area contributed by atoms with Gasteiger partial charge in [0.05, 0.1) is 0 Å². The van der Waals surface area contributed by atoms with Gasteiger partial charge in [0.25, 0.3) is 0 Å². The van der Waals surface area contributed by atoms with Crippen LogP contribution in [0.1, 0.15) is 92.9 Å². The van der Waals surface area contributed by atoms with E-state index in [4.69, 9.17) is 0 Å². The number of unbranched alkanes of at least 4 members (excludes halogenated alkanes) is 3. The van der Waals surface area contributed by atoms with Gasteiger partial charge in [-0.15, -0.1) is 0 Å². The summed E-state index contributed by atoms with van der Waals surface area (Å²) >= 11 is 0. The highest BCUT2D eigenvalue weighted by Gasteiger charge is 1.95. The molecular formula is C15H34. The second-order valence-electron chi connectivity index (χ2n) is 6.12. The van der Waals surface area contributed by atoms with Gasteiger partial charge in [-0.2, -0.15) is 0 Å². The molecule has 1 fully saturated rings. The molecule has 0 heteroatoms. The third kappa shape index (κ3) is 41.1. The lowest BCUT2D eigenvalue weighted by Gasteiger charge is -2.05. The molecule has 0 saturated heterocycles. The van der Waals surface area contributed by atoms with E-state index in [0.717, 1.165) is 0 Å². The van der Waals surface area contributed by atoms with Crippen LogP contribution in [0.2, 0.25) is 0 Å². The molecule has 0 nitrogen and oxygen atoms in total. The van der Waals surface area contributed by atoms with Gasteiger partial charge >= 0.3 is 0 Å². The molecule has 0 N–H and O–H groups in total. The molecule has 15 heavy (non-hydrogen) atoms. The summed E-state index contributed by atoms with van der Waals surface area (Å²) in [5, 5.41) is 0. The molecule has 0 bridgehead atoms. The normalized spacial score (nSPS) is 14.0. The van der Waals surface area contributed by atoms with Crippen LogP contribution in [-0.2, 0) is 0 Å². The summed E-state index contributed by atoms with van der Waals surface area (Å²) in [5.74, 6) is 0. The van der Waals surface area contributed by atoms with E-state index >= 15 is 0 Å². The highest BCUT2D eigenvalue weighted by molar-refractivity contribution is 4.50. The zero-order chi connectivity index (χ0) is 12.2. The lowest BCUT2D eigenvalue weighted by molar-refractivity contribution is 0.469. The first-order valence-corrected chi connectivity index (χ1v) is 6.91. The van der Waals surface area contributed by atoms with Crippen LogP contribution < -0.4 is 0 Å². The van der Waals surface area contributed by atoms with Gasteiger partial charge < -0.3 is 0 Å². The number of hydrogen-bond acceptors (Lipinski definition) is 0. The average molecular weight is 214 g/mol. The van der Waals surface area contributed by atoms with Gasteiger partial charge in [0, 0.05) is 0 Å². The Balaban J connectivity index is 0. The fraction of sp³-hybridized carbons (Fsp3) is 1.00. The van der Waals surface area contributed by atoms with Gasteiger partial charge in [-0.05, 0) is 5.41 Å². The zero-order valence-electron chi connectivity index (χ0n) is 12.2. The van der Waals surface area contributed by atoms with E-state index in [9.17, 15) is 0 Å². The highest BCUT2D eigenvalue weighted by atomic mass is 14.0. The average Bonchev–Trinajstić information content (AvgIpc) is 1.94. The quantitative estimate of drug-likeness (QED) is 0.491. The summed E-state index contributed by atoms with van der Waals surface area (Å²) in [7, 11) is 0. The molecule has 0 aromatic rings. The Hall–Kier alpha value is 0. The second-order valence-corrected chi connectivity index (χ2v) is 6.12. The highest BCUT2D eigenvalue weighted by Crippen LogP contribution is 2.15. The Morgan fingerprint density at radius 1 is 0.667 bits per heavy atom. The molecule has 0 aromatic carbocycles. The molecule has 1 saturated carbocycles. The van der Waals surface area contributed by atoms with Crippen molar-refractivity contribution < 1.29 is 0 Å². The molecule has 0 unspecified atom stereocenters. The molecule has 1 aliphatic rings. The Morgan fingerprint density at radius 2 is 0.867 bits per heavy atom. The number of hydrogen-bond donors (Lipinski definition) is 0. The Kier molecular flexibility index (Phi) is 14.0. The summed E-state index contributed by atoms with van der Waals surface area (Å²) in [4.78, 5) is 0. The van der Waals surface area contributed by atoms with Crippen LogP contribution in [-0.4, -0.2) is 0 Å². The van der Waals surface area contributed by atoms with Crippen LogP contribution in [0, 0.1) is 5.41 Å². The molecule has 0 amide bonds. The fourth-order valence-electron chi connectivity index (χ4n) is 0.750. The first-order chi connectivity index (χ1) is 6.91. The van der Waals surface area contributed by atoms with Gasteiger partial charge in [-0.25, -0.2) is 0 Å². The fourth-order valence-corrected chi connectivity index (χ4v) is 0.750. The van der Waals surface area contributed by atoms with Crippen molar-refractivity contribution in [3.63, 3.8) is 0 Å². The third-order valence-electron chi connectivity index (χ3n) is 1.96. The van der Waals surface area contributed by atoms with E-state index < -0.39 is 0 Å². The van der Waals surface area contributed by atoms with Crippen molar-refractivity contribution in [2.75, 3.05) is 0 Å². The topological polar surface area (TPSA) is 0 Å². The van der Waals surface area contributed by atoms with Crippen LogP contribution in [0.4, 0.5) is 0 Å². The molecule has 0 spiro atoms. The molecule has 0 aromatic heterocycles. The van der Waals surface area contributed by atoms with Gasteiger partial charge in [-0.3, -0.25) is 0 Å². The molecule has 0 atom stereocenters. The monoisotopic (exact) mass is 214 g/mol. The van der Waals surface area contributed by atoms with Gasteiger partial charge in [0.2, 0.25) is 0 Å². The first kappa shape index (κ1) is 17.4. The Labute approximate surface area is 98.9 Å². The number of rotatable bonds is 3. The van der Waals surface area contributed by atoms with Crippen LogP contribution >= 0.6 is 0 Å². The van der Waals surface area contributed by atoms with E-state index in [0.29, 0.717) is 5.41 Å². The Bertz CT molecular complexity index is 79.1. The van der Waals surface area contributed by atoms with Crippen molar-refractivity contribution in [3.8, 4) is 0 Å². The molecule has 1 aliphatic carbocycles. The molecule has 0 heterocycles. The largest absolute Gasteiger partial charge is 0.0654 e. The first-order valence-electron chi connectivity index (χ1n) is 6.91. The molecule has 94 valence electrons. The van der Waals surface area contributed by atoms with E-state index in [1.165, 1.54) is 51.4 Å². The van der Waals surface area contributed by atoms with Crippen molar-refractivity contribution in [1.29, 1.82) is 0 Å². The van der Waals surface area contributed by atoms with E-state index in [1.807, 2.05) is 0 Å². The maximum atomic E-state index is 2.23. The maximum Gasteiger partial charge on any atom is -0.0411 e. The van der Waals surface area contributed by atoms with Crippen molar-refractivity contribution in [2.45, 2.75) is 92.9 Å². The van der Waals surface area contributed by atoms with Crippen molar-refractivity contribution in [3.05, 3.63) is 0 Å². The third-order valence-corrected chi connectivity index (χ3v) is 1.96. The molecular weight excluding hydrogens is 180 g/mol. The second kappa shape index (κ2) is 12.1. The smallest absolute Gasteiger partial charge is 0.0411 e. The lowest BCUT2D eigenvalue weighted by Crippen LogP contribution is -1.93. The van der Waals surface area contributed by atoms with E-state index in [1.54, 1.807) is 0 Å². The SMILES string of the molecule is C1CCC1.CC(C)(C)C.CCCCCC. The van der Waals surface area contributed by atoms with Crippen LogP contribution in [0.3, 0.4) is 0 Å². The van der Waals surface area contributed by atoms with Gasteiger partial charge in [-0.1, -0.05) is 92.9 Å². The minimum Gasteiger partial charge on any atom is -0.0654 e. The minimum absolute atomic E-state index is 0.500. The van der Waals surface area contributed by atoms with Crippen molar-refractivity contribution in [1.82, 2.24) is 0 Å². The van der Waals surface area contributed by atoms with Crippen LogP contribution in [0.15, 0.2) is 0 Å².